The Bertz CT molecular complexity index is 1340. The van der Waals surface area contributed by atoms with Crippen molar-refractivity contribution in [1.29, 1.82) is 0 Å². The van der Waals surface area contributed by atoms with Gasteiger partial charge in [-0.1, -0.05) is 0 Å². The number of anilines is 1. The number of halogens is 3. The first-order chi connectivity index (χ1) is 17.1. The van der Waals surface area contributed by atoms with Crippen molar-refractivity contribution in [3.63, 3.8) is 0 Å². The molecule has 8 nitrogen and oxygen atoms in total. The fourth-order valence-electron chi connectivity index (χ4n) is 4.66. The number of pyridine rings is 1. The van der Waals surface area contributed by atoms with Gasteiger partial charge in [-0.25, -0.2) is 23.0 Å². The van der Waals surface area contributed by atoms with Crippen LogP contribution in [0.2, 0.25) is 0 Å². The maximum absolute atomic E-state index is 14.5. The molecule has 0 radical (unpaired) electrons. The van der Waals surface area contributed by atoms with Gasteiger partial charge in [-0.05, 0) is 31.5 Å². The molecule has 188 valence electrons. The highest BCUT2D eigenvalue weighted by molar-refractivity contribution is 5.79. The summed E-state index contributed by atoms with van der Waals surface area (Å²) in [6.07, 6.45) is 2.55. The van der Waals surface area contributed by atoms with Crippen molar-refractivity contribution in [3.8, 4) is 17.0 Å². The van der Waals surface area contributed by atoms with E-state index in [2.05, 4.69) is 10.1 Å². The molecule has 0 unspecified atom stereocenters. The molecule has 36 heavy (non-hydrogen) atoms. The summed E-state index contributed by atoms with van der Waals surface area (Å²) >= 11 is 0. The van der Waals surface area contributed by atoms with E-state index < -0.39 is 35.6 Å². The molecule has 0 saturated carbocycles. The molecule has 11 heteroatoms. The molecule has 5 rings (SSSR count). The minimum Gasteiger partial charge on any atom is -0.483 e. The summed E-state index contributed by atoms with van der Waals surface area (Å²) in [6.45, 7) is 4.21. The predicted octanol–water partition coefficient (Wildman–Crippen LogP) is 4.32. The Hall–Kier alpha value is -4.02. The second kappa shape index (κ2) is 8.89. The second-order valence-corrected chi connectivity index (χ2v) is 9.05. The van der Waals surface area contributed by atoms with Crippen LogP contribution in [0.5, 0.6) is 5.75 Å². The van der Waals surface area contributed by atoms with E-state index in [9.17, 15) is 18.0 Å². The van der Waals surface area contributed by atoms with Crippen LogP contribution in [-0.2, 0) is 7.05 Å². The monoisotopic (exact) mass is 498 g/mol. The van der Waals surface area contributed by atoms with Crippen molar-refractivity contribution < 1.29 is 22.7 Å². The number of nitrogens with two attached hydrogens (primary N) is 1. The number of hydrogen-bond acceptors (Lipinski definition) is 5. The number of carbonyl (C=O) groups excluding carboxylic acids is 1. The zero-order valence-electron chi connectivity index (χ0n) is 20.0. The van der Waals surface area contributed by atoms with Crippen LogP contribution in [0.3, 0.4) is 0 Å². The largest absolute Gasteiger partial charge is 0.483 e. The van der Waals surface area contributed by atoms with E-state index in [1.165, 1.54) is 34.3 Å². The summed E-state index contributed by atoms with van der Waals surface area (Å²) in [6, 6.07) is 3.68. The molecular formula is C25H25F3N6O2. The van der Waals surface area contributed by atoms with Gasteiger partial charge in [0.05, 0.1) is 31.0 Å². The van der Waals surface area contributed by atoms with Gasteiger partial charge in [0.15, 0.2) is 11.6 Å². The number of ether oxygens (including phenoxy) is 1. The molecule has 0 bridgehead atoms. The van der Waals surface area contributed by atoms with Crippen molar-refractivity contribution in [2.45, 2.75) is 32.4 Å². The standard InChI is InChI=1S/C25H25F3N6O2/c1-13-23(14(2)32(3)24(13)29)20-9-22(19(28)10-30-20)36-18-11-33(12-18)25(35)34-21(4-5-31-34)15-6-16(26)8-17(27)7-15/h5-10,18,21H,4,11-12,29H2,1-3H3/t21-/m0/s1. The number of amides is 2. The van der Waals surface area contributed by atoms with Crippen LogP contribution >= 0.6 is 0 Å². The van der Waals surface area contributed by atoms with E-state index >= 15 is 0 Å². The summed E-state index contributed by atoms with van der Waals surface area (Å²) in [4.78, 5) is 18.7. The average Bonchev–Trinajstić information content (AvgIpc) is 3.37. The molecule has 2 aliphatic rings. The van der Waals surface area contributed by atoms with Gasteiger partial charge in [-0.3, -0.25) is 4.98 Å². The first kappa shape index (κ1) is 23.7. The van der Waals surface area contributed by atoms with Crippen LogP contribution in [0.4, 0.5) is 23.8 Å². The average molecular weight is 499 g/mol. The van der Waals surface area contributed by atoms with E-state index in [0.29, 0.717) is 23.5 Å². The van der Waals surface area contributed by atoms with Crippen molar-refractivity contribution in [3.05, 3.63) is 64.7 Å². The summed E-state index contributed by atoms with van der Waals surface area (Å²) in [5.74, 6) is -1.41. The highest BCUT2D eigenvalue weighted by Crippen LogP contribution is 2.35. The lowest BCUT2D eigenvalue weighted by atomic mass is 10.0. The van der Waals surface area contributed by atoms with E-state index in [-0.39, 0.29) is 18.8 Å². The number of aromatic nitrogens is 2. The van der Waals surface area contributed by atoms with Crippen molar-refractivity contribution in [2.75, 3.05) is 18.8 Å². The van der Waals surface area contributed by atoms with Crippen LogP contribution in [0, 0.1) is 31.3 Å². The van der Waals surface area contributed by atoms with Gasteiger partial charge in [0.1, 0.15) is 23.6 Å². The number of nitrogen functional groups attached to an aromatic ring is 1. The summed E-state index contributed by atoms with van der Waals surface area (Å²) in [5, 5.41) is 5.31. The Morgan fingerprint density at radius 1 is 1.11 bits per heavy atom. The Kier molecular flexibility index (Phi) is 5.85. The number of urea groups is 1. The van der Waals surface area contributed by atoms with Gasteiger partial charge in [-0.15, -0.1) is 0 Å². The lowest BCUT2D eigenvalue weighted by molar-refractivity contribution is 0.0256. The molecule has 2 aromatic heterocycles. The Morgan fingerprint density at radius 3 is 2.44 bits per heavy atom. The minimum absolute atomic E-state index is 0.0330. The quantitative estimate of drug-likeness (QED) is 0.580. The lowest BCUT2D eigenvalue weighted by Gasteiger charge is -2.41. The number of likely N-dealkylation sites (tertiary alicyclic amines) is 1. The van der Waals surface area contributed by atoms with Gasteiger partial charge >= 0.3 is 6.03 Å². The van der Waals surface area contributed by atoms with Gasteiger partial charge in [0.2, 0.25) is 0 Å². The Morgan fingerprint density at radius 2 is 1.81 bits per heavy atom. The number of hydrogen-bond donors (Lipinski definition) is 1. The number of rotatable bonds is 4. The number of benzene rings is 1. The maximum Gasteiger partial charge on any atom is 0.341 e. The third-order valence-corrected chi connectivity index (χ3v) is 6.77. The maximum atomic E-state index is 14.5. The number of carbonyl (C=O) groups is 1. The van der Waals surface area contributed by atoms with Crippen LogP contribution in [0.25, 0.3) is 11.3 Å². The van der Waals surface area contributed by atoms with E-state index in [4.69, 9.17) is 10.5 Å². The fourth-order valence-corrected chi connectivity index (χ4v) is 4.66. The smallest absolute Gasteiger partial charge is 0.341 e. The molecule has 1 atom stereocenters. The van der Waals surface area contributed by atoms with Gasteiger partial charge in [-0.2, -0.15) is 5.10 Å². The molecule has 4 heterocycles. The molecule has 2 amide bonds. The topological polar surface area (TPSA) is 89.0 Å². The minimum atomic E-state index is -0.718. The number of hydrazone groups is 1. The molecule has 2 aliphatic heterocycles. The normalized spacial score (nSPS) is 17.6. The molecule has 1 fully saturated rings. The summed E-state index contributed by atoms with van der Waals surface area (Å²) < 4.78 is 49.6. The van der Waals surface area contributed by atoms with Crippen molar-refractivity contribution in [2.24, 2.45) is 12.1 Å². The van der Waals surface area contributed by atoms with Crippen molar-refractivity contribution in [1.82, 2.24) is 19.5 Å². The van der Waals surface area contributed by atoms with Gasteiger partial charge in [0, 0.05) is 48.6 Å². The highest BCUT2D eigenvalue weighted by Gasteiger charge is 2.39. The van der Waals surface area contributed by atoms with E-state index in [1.807, 2.05) is 25.5 Å². The van der Waals surface area contributed by atoms with Gasteiger partial charge in [0.25, 0.3) is 0 Å². The number of nitrogens with zero attached hydrogens (tertiary/aromatic N) is 5. The zero-order chi connectivity index (χ0) is 25.7. The lowest BCUT2D eigenvalue weighted by Crippen LogP contribution is -2.58. The fraction of sp³-hybridized carbons (Fsp3) is 0.320. The first-order valence-corrected chi connectivity index (χ1v) is 11.4. The van der Waals surface area contributed by atoms with E-state index in [1.54, 1.807) is 0 Å². The van der Waals surface area contributed by atoms with Gasteiger partial charge < -0.3 is 19.9 Å². The van der Waals surface area contributed by atoms with Crippen LogP contribution in [0.15, 0.2) is 35.6 Å². The SMILES string of the molecule is Cc1c(-c2cc(OC3CN(C(=O)N4N=CC[C@H]4c4cc(F)cc(F)c4)C3)c(F)cn2)c(C)n(C)c1N. The Balaban J connectivity index is 1.27. The zero-order valence-corrected chi connectivity index (χ0v) is 20.0. The third kappa shape index (κ3) is 4.04. The van der Waals surface area contributed by atoms with Crippen LogP contribution in [-0.4, -0.2) is 50.9 Å². The molecule has 1 aromatic carbocycles. The second-order valence-electron chi connectivity index (χ2n) is 9.05. The Labute approximate surface area is 205 Å². The van der Waals surface area contributed by atoms with E-state index in [0.717, 1.165) is 29.1 Å². The molecule has 0 spiro atoms. The molecular weight excluding hydrogens is 473 g/mol. The first-order valence-electron chi connectivity index (χ1n) is 11.4. The highest BCUT2D eigenvalue weighted by atomic mass is 19.1. The molecule has 1 saturated heterocycles. The van der Waals surface area contributed by atoms with Crippen LogP contribution in [0.1, 0.15) is 29.3 Å². The summed E-state index contributed by atoms with van der Waals surface area (Å²) in [5.41, 5.74) is 9.54. The summed E-state index contributed by atoms with van der Waals surface area (Å²) in [7, 11) is 1.85. The molecule has 3 aromatic rings. The van der Waals surface area contributed by atoms with Crippen LogP contribution < -0.4 is 10.5 Å². The molecule has 0 aliphatic carbocycles. The van der Waals surface area contributed by atoms with Crippen molar-refractivity contribution >= 4 is 18.1 Å². The molecule has 2 N–H and O–H groups in total. The predicted molar refractivity (Wildman–Crippen MR) is 128 cm³/mol. The third-order valence-electron chi connectivity index (χ3n) is 6.77.